The molecule has 1 aliphatic rings. The number of rotatable bonds is 5. The van der Waals surface area contributed by atoms with Crippen molar-refractivity contribution in [3.63, 3.8) is 0 Å². The first kappa shape index (κ1) is 26.9. The zero-order valence-electron chi connectivity index (χ0n) is 20.1. The molecule has 33 heavy (non-hydrogen) atoms. The van der Waals surface area contributed by atoms with E-state index in [0.717, 1.165) is 0 Å². The van der Waals surface area contributed by atoms with E-state index < -0.39 is 28.3 Å². The molecular formula is C23H35N3O6S. The molecule has 2 rings (SSSR count). The molecule has 0 spiro atoms. The average molecular weight is 482 g/mol. The Labute approximate surface area is 196 Å². The number of nitrogens with zero attached hydrogens (tertiary/aromatic N) is 2. The number of carbonyl (C=O) groups is 1. The van der Waals surface area contributed by atoms with Crippen molar-refractivity contribution >= 4 is 16.1 Å². The molecule has 1 aromatic rings. The van der Waals surface area contributed by atoms with Crippen LogP contribution in [0, 0.1) is 17.8 Å². The summed E-state index contributed by atoms with van der Waals surface area (Å²) >= 11 is 0. The topological polar surface area (TPSA) is 119 Å². The highest BCUT2D eigenvalue weighted by atomic mass is 32.2. The number of amides is 2. The SMILES string of the molecule is CC(C)NC(=O)N(C)C[C@@H]1Oc2cc(C#C[C@@H](C)O)ccc2S(=O)(=O)N([C@@H](C)CO)C[C@H]1C. The van der Waals surface area contributed by atoms with Crippen LogP contribution in [0.15, 0.2) is 23.1 Å². The van der Waals surface area contributed by atoms with Gasteiger partial charge in [-0.2, -0.15) is 4.31 Å². The summed E-state index contributed by atoms with van der Waals surface area (Å²) in [5.74, 6) is 5.27. The van der Waals surface area contributed by atoms with Crippen molar-refractivity contribution in [1.29, 1.82) is 0 Å². The van der Waals surface area contributed by atoms with Crippen LogP contribution in [0.4, 0.5) is 4.79 Å². The van der Waals surface area contributed by atoms with E-state index in [4.69, 9.17) is 4.74 Å². The van der Waals surface area contributed by atoms with Gasteiger partial charge in [0.05, 0.1) is 13.2 Å². The van der Waals surface area contributed by atoms with Crippen molar-refractivity contribution in [3.8, 4) is 17.6 Å². The predicted octanol–water partition coefficient (Wildman–Crippen LogP) is 1.24. The van der Waals surface area contributed by atoms with E-state index in [1.807, 2.05) is 20.8 Å². The van der Waals surface area contributed by atoms with Crippen LogP contribution in [0.5, 0.6) is 5.75 Å². The van der Waals surface area contributed by atoms with Crippen LogP contribution in [0.3, 0.4) is 0 Å². The third-order valence-corrected chi connectivity index (χ3v) is 7.32. The zero-order chi connectivity index (χ0) is 24.9. The van der Waals surface area contributed by atoms with Crippen LogP contribution < -0.4 is 10.1 Å². The number of carbonyl (C=O) groups excluding carboxylic acids is 1. The maximum atomic E-state index is 13.4. The summed E-state index contributed by atoms with van der Waals surface area (Å²) < 4.78 is 34.4. The van der Waals surface area contributed by atoms with E-state index in [2.05, 4.69) is 17.2 Å². The number of ether oxygens (including phenoxy) is 1. The molecule has 1 aromatic carbocycles. The summed E-state index contributed by atoms with van der Waals surface area (Å²) in [6, 6.07) is 3.59. The van der Waals surface area contributed by atoms with E-state index >= 15 is 0 Å². The summed E-state index contributed by atoms with van der Waals surface area (Å²) in [5, 5.41) is 22.0. The van der Waals surface area contributed by atoms with Gasteiger partial charge in [0.15, 0.2) is 0 Å². The van der Waals surface area contributed by atoms with Gasteiger partial charge >= 0.3 is 6.03 Å². The number of benzene rings is 1. The molecule has 184 valence electrons. The van der Waals surface area contributed by atoms with E-state index in [-0.39, 0.29) is 48.3 Å². The normalized spacial score (nSPS) is 22.0. The van der Waals surface area contributed by atoms with Gasteiger partial charge < -0.3 is 25.2 Å². The Bertz CT molecular complexity index is 999. The molecule has 10 heteroatoms. The Hall–Kier alpha value is -2.32. The van der Waals surface area contributed by atoms with Crippen molar-refractivity contribution in [1.82, 2.24) is 14.5 Å². The number of nitrogens with one attached hydrogen (secondary N) is 1. The monoisotopic (exact) mass is 481 g/mol. The lowest BCUT2D eigenvalue weighted by atomic mass is 10.0. The Balaban J connectivity index is 2.53. The summed E-state index contributed by atoms with van der Waals surface area (Å²) in [6.07, 6.45) is -1.35. The highest BCUT2D eigenvalue weighted by Crippen LogP contribution is 2.34. The minimum atomic E-state index is -3.96. The predicted molar refractivity (Wildman–Crippen MR) is 125 cm³/mol. The van der Waals surface area contributed by atoms with Gasteiger partial charge in [-0.3, -0.25) is 0 Å². The van der Waals surface area contributed by atoms with E-state index in [0.29, 0.717) is 5.56 Å². The highest BCUT2D eigenvalue weighted by Gasteiger charge is 2.38. The van der Waals surface area contributed by atoms with Crippen LogP contribution >= 0.6 is 0 Å². The minimum Gasteiger partial charge on any atom is -0.487 e. The summed E-state index contributed by atoms with van der Waals surface area (Å²) in [6.45, 7) is 8.78. The molecule has 9 nitrogen and oxygen atoms in total. The molecule has 0 bridgehead atoms. The van der Waals surface area contributed by atoms with Gasteiger partial charge in [-0.05, 0) is 45.9 Å². The molecule has 2 amide bonds. The fourth-order valence-electron chi connectivity index (χ4n) is 3.42. The molecule has 0 unspecified atom stereocenters. The average Bonchev–Trinajstić information content (AvgIpc) is 2.73. The number of likely N-dealkylation sites (N-methyl/N-ethyl adjacent to an activating group) is 1. The fraction of sp³-hybridized carbons (Fsp3) is 0.609. The largest absolute Gasteiger partial charge is 0.487 e. The summed E-state index contributed by atoms with van der Waals surface area (Å²) in [4.78, 5) is 13.9. The molecule has 3 N–H and O–H groups in total. The van der Waals surface area contributed by atoms with Crippen LogP contribution in [-0.4, -0.2) is 84.9 Å². The quantitative estimate of drug-likeness (QED) is 0.545. The van der Waals surface area contributed by atoms with E-state index in [9.17, 15) is 23.4 Å². The second kappa shape index (κ2) is 11.2. The first-order chi connectivity index (χ1) is 15.4. The molecule has 0 saturated carbocycles. The standard InChI is InChI=1S/C23H35N3O6S/c1-15(2)24-23(29)25(6)13-21-16(3)12-26(17(4)14-27)33(30,31)22-10-9-19(8-7-18(5)28)11-20(22)32-21/h9-11,15-18,21,27-28H,12-14H2,1-6H3,(H,24,29)/t16-,17+,18-,21+/m1/s1. The number of aliphatic hydroxyl groups excluding tert-OH is 2. The molecule has 4 atom stereocenters. The van der Waals surface area contributed by atoms with Crippen molar-refractivity contribution < 1.29 is 28.2 Å². The fourth-order valence-corrected chi connectivity index (χ4v) is 5.24. The van der Waals surface area contributed by atoms with Crippen LogP contribution in [0.25, 0.3) is 0 Å². The molecule has 1 aliphatic heterocycles. The number of hydrogen-bond acceptors (Lipinski definition) is 6. The van der Waals surface area contributed by atoms with Gasteiger partial charge in [0.2, 0.25) is 10.0 Å². The maximum Gasteiger partial charge on any atom is 0.317 e. The molecule has 0 aromatic heterocycles. The number of aliphatic hydroxyl groups is 2. The second-order valence-corrected chi connectivity index (χ2v) is 10.7. The number of sulfonamides is 1. The molecule has 0 saturated heterocycles. The number of hydrogen-bond donors (Lipinski definition) is 3. The minimum absolute atomic E-state index is 0.0301. The van der Waals surface area contributed by atoms with Crippen molar-refractivity contribution in [2.75, 3.05) is 26.7 Å². The van der Waals surface area contributed by atoms with E-state index in [1.165, 1.54) is 28.3 Å². The zero-order valence-corrected chi connectivity index (χ0v) is 20.9. The van der Waals surface area contributed by atoms with E-state index in [1.54, 1.807) is 20.0 Å². The van der Waals surface area contributed by atoms with Crippen LogP contribution in [-0.2, 0) is 10.0 Å². The lowest BCUT2D eigenvalue weighted by Crippen LogP contribution is -2.51. The molecule has 1 heterocycles. The van der Waals surface area contributed by atoms with Gasteiger partial charge in [-0.1, -0.05) is 18.8 Å². The third-order valence-electron chi connectivity index (χ3n) is 5.31. The molecular weight excluding hydrogens is 446 g/mol. The second-order valence-electron chi connectivity index (χ2n) is 8.83. The van der Waals surface area contributed by atoms with Gasteiger partial charge in [0.25, 0.3) is 0 Å². The first-order valence-electron chi connectivity index (χ1n) is 11.0. The van der Waals surface area contributed by atoms with Gasteiger partial charge in [0.1, 0.15) is 22.9 Å². The Morgan fingerprint density at radius 3 is 2.58 bits per heavy atom. The van der Waals surface area contributed by atoms with Gasteiger partial charge in [-0.25, -0.2) is 13.2 Å². The summed E-state index contributed by atoms with van der Waals surface area (Å²) in [5.41, 5.74) is 0.490. The van der Waals surface area contributed by atoms with Crippen LogP contribution in [0.2, 0.25) is 0 Å². The van der Waals surface area contributed by atoms with Gasteiger partial charge in [-0.15, -0.1) is 0 Å². The molecule has 0 aliphatic carbocycles. The summed E-state index contributed by atoms with van der Waals surface area (Å²) in [7, 11) is -2.31. The third kappa shape index (κ3) is 6.84. The molecule has 0 radical (unpaired) electrons. The Morgan fingerprint density at radius 2 is 2.00 bits per heavy atom. The van der Waals surface area contributed by atoms with Gasteiger partial charge in [0, 0.05) is 37.2 Å². The molecule has 0 fully saturated rings. The number of urea groups is 1. The highest BCUT2D eigenvalue weighted by molar-refractivity contribution is 7.89. The Kier molecular flexibility index (Phi) is 9.14. The van der Waals surface area contributed by atoms with Crippen molar-refractivity contribution in [3.05, 3.63) is 23.8 Å². The first-order valence-corrected chi connectivity index (χ1v) is 12.5. The number of fused-ring (bicyclic) bond motifs is 1. The lowest BCUT2D eigenvalue weighted by Gasteiger charge is -2.37. The Morgan fingerprint density at radius 1 is 1.33 bits per heavy atom. The lowest BCUT2D eigenvalue weighted by molar-refractivity contribution is 0.0809. The van der Waals surface area contributed by atoms with Crippen molar-refractivity contribution in [2.45, 2.75) is 63.8 Å². The smallest absolute Gasteiger partial charge is 0.317 e. The van der Waals surface area contributed by atoms with Crippen LogP contribution in [0.1, 0.15) is 40.2 Å². The maximum absolute atomic E-state index is 13.4. The van der Waals surface area contributed by atoms with Crippen molar-refractivity contribution in [2.24, 2.45) is 5.92 Å².